The lowest BCUT2D eigenvalue weighted by Crippen LogP contribution is -2.64. The molecule has 4 aliphatic rings. The van der Waals surface area contributed by atoms with Crippen molar-refractivity contribution in [1.82, 2.24) is 0 Å². The van der Waals surface area contributed by atoms with Crippen LogP contribution >= 0.6 is 0 Å². The smallest absolute Gasteiger partial charge is 0.303 e. The molecule has 0 unspecified atom stereocenters. The summed E-state index contributed by atoms with van der Waals surface area (Å²) in [6.45, 7) is 15.3. The first kappa shape index (κ1) is 30.4. The van der Waals surface area contributed by atoms with Crippen molar-refractivity contribution in [3.63, 3.8) is 0 Å². The summed E-state index contributed by atoms with van der Waals surface area (Å²) in [5.41, 5.74) is -5.72. The van der Waals surface area contributed by atoms with Crippen LogP contribution in [0, 0.1) is 39.4 Å². The molecule has 4 rings (SSSR count). The lowest BCUT2D eigenvalue weighted by molar-refractivity contribution is -0.179. The molecule has 8 atom stereocenters. The summed E-state index contributed by atoms with van der Waals surface area (Å²) in [6.07, 6.45) is 5.89. The molecule has 0 saturated heterocycles. The maximum absolute atomic E-state index is 14.3. The highest BCUT2D eigenvalue weighted by atomic mass is 16.6. The molecule has 3 N–H and O–H groups in total. The average molecular weight is 557 g/mol. The number of aliphatic hydroxyl groups is 3. The van der Waals surface area contributed by atoms with Crippen molar-refractivity contribution >= 4 is 23.3 Å². The van der Waals surface area contributed by atoms with E-state index in [2.05, 4.69) is 0 Å². The zero-order valence-electron chi connectivity index (χ0n) is 25.1. The van der Waals surface area contributed by atoms with Crippen molar-refractivity contribution in [3.05, 3.63) is 35.6 Å². The number of hydrogen-bond acceptors (Lipinski definition) is 8. The molecule has 220 valence electrons. The van der Waals surface area contributed by atoms with Gasteiger partial charge in [-0.2, -0.15) is 0 Å². The number of rotatable bonds is 5. The van der Waals surface area contributed by atoms with Gasteiger partial charge in [-0.25, -0.2) is 0 Å². The van der Waals surface area contributed by atoms with E-state index in [1.807, 2.05) is 26.8 Å². The van der Waals surface area contributed by atoms with E-state index in [9.17, 15) is 34.5 Å². The molecule has 0 aromatic carbocycles. The molecule has 40 heavy (non-hydrogen) atoms. The summed E-state index contributed by atoms with van der Waals surface area (Å²) in [7, 11) is 0. The van der Waals surface area contributed by atoms with Gasteiger partial charge in [0.15, 0.2) is 11.5 Å². The van der Waals surface area contributed by atoms with E-state index >= 15 is 0 Å². The van der Waals surface area contributed by atoms with Crippen LogP contribution in [0.4, 0.5) is 0 Å². The second kappa shape index (κ2) is 8.96. The number of fused-ring (bicyclic) bond motifs is 5. The number of hydrogen-bond donors (Lipinski definition) is 3. The molecule has 0 spiro atoms. The van der Waals surface area contributed by atoms with E-state index in [0.717, 1.165) is 5.57 Å². The Morgan fingerprint density at radius 1 is 1.07 bits per heavy atom. The maximum Gasteiger partial charge on any atom is 0.303 e. The molecule has 0 aromatic heterocycles. The van der Waals surface area contributed by atoms with Crippen LogP contribution in [0.25, 0.3) is 0 Å². The molecule has 8 heteroatoms. The fraction of sp³-hybridized carbons (Fsp3) is 0.688. The quantitative estimate of drug-likeness (QED) is 0.260. The number of Topliss-reactive ketones (excluding diaryl/α,β-unsaturated/α-hetero) is 2. The number of allylic oxidation sites excluding steroid dienone is 4. The van der Waals surface area contributed by atoms with Crippen LogP contribution < -0.4 is 0 Å². The van der Waals surface area contributed by atoms with Crippen molar-refractivity contribution in [3.8, 4) is 0 Å². The standard InChI is InChI=1S/C32H44O8/c1-17(33)40-27(2,3)13-12-23(36)32(9,39)25-21(35)15-29(6)22-11-10-18-19(14-20(34)26(38)28(18,4)5)31(22,8)24(37)16-30(25,29)7/h10,12-14,19,21-22,25,34-35,39H,11,15-16H2,1-9H3/t19-,21+,22-,25-,29-,30+,31-,32+/m0/s1. The maximum atomic E-state index is 14.3. The average Bonchev–Trinajstić information content (AvgIpc) is 3.01. The third-order valence-electron chi connectivity index (χ3n) is 11.2. The Morgan fingerprint density at radius 3 is 2.25 bits per heavy atom. The van der Waals surface area contributed by atoms with Gasteiger partial charge < -0.3 is 20.1 Å². The third kappa shape index (κ3) is 4.00. The highest BCUT2D eigenvalue weighted by Gasteiger charge is 2.74. The first-order valence-electron chi connectivity index (χ1n) is 14.1. The van der Waals surface area contributed by atoms with E-state index in [1.165, 1.54) is 32.1 Å². The Balaban J connectivity index is 1.76. The zero-order chi connectivity index (χ0) is 30.4. The third-order valence-corrected chi connectivity index (χ3v) is 11.2. The molecule has 2 fully saturated rings. The van der Waals surface area contributed by atoms with Crippen molar-refractivity contribution in [2.45, 2.75) is 98.9 Å². The van der Waals surface area contributed by atoms with Gasteiger partial charge in [-0.1, -0.05) is 32.4 Å². The fourth-order valence-electron chi connectivity index (χ4n) is 8.98. The van der Waals surface area contributed by atoms with Crippen LogP contribution in [0.3, 0.4) is 0 Å². The predicted molar refractivity (Wildman–Crippen MR) is 148 cm³/mol. The number of carbonyl (C=O) groups is 4. The highest BCUT2D eigenvalue weighted by molar-refractivity contribution is 6.02. The number of aliphatic hydroxyl groups excluding tert-OH is 2. The van der Waals surface area contributed by atoms with E-state index in [4.69, 9.17) is 4.74 Å². The lowest BCUT2D eigenvalue weighted by atomic mass is 9.39. The van der Waals surface area contributed by atoms with E-state index < -0.39 is 62.6 Å². The van der Waals surface area contributed by atoms with Crippen molar-refractivity contribution in [2.75, 3.05) is 0 Å². The van der Waals surface area contributed by atoms with E-state index in [-0.39, 0.29) is 36.1 Å². The minimum absolute atomic E-state index is 0.0249. The summed E-state index contributed by atoms with van der Waals surface area (Å²) in [5, 5.41) is 33.8. The zero-order valence-corrected chi connectivity index (χ0v) is 25.1. The Kier molecular flexibility index (Phi) is 6.80. The van der Waals surface area contributed by atoms with Gasteiger partial charge in [0, 0.05) is 30.6 Å². The molecule has 0 bridgehead atoms. The number of carbonyl (C=O) groups excluding carboxylic acids is 4. The second-order valence-electron chi connectivity index (χ2n) is 14.4. The Morgan fingerprint density at radius 2 is 1.68 bits per heavy atom. The minimum Gasteiger partial charge on any atom is -0.505 e. The number of esters is 1. The van der Waals surface area contributed by atoms with Gasteiger partial charge in [-0.3, -0.25) is 19.2 Å². The molecule has 0 aliphatic heterocycles. The van der Waals surface area contributed by atoms with Crippen molar-refractivity contribution < 1.29 is 39.2 Å². The Bertz CT molecular complexity index is 1270. The summed E-state index contributed by atoms with van der Waals surface area (Å²) in [6, 6.07) is 0. The highest BCUT2D eigenvalue weighted by Crippen LogP contribution is 2.73. The SMILES string of the molecule is CC(=O)OC(C)(C)C=CC(=O)[C@@](C)(O)[C@H]1[C@H](O)C[C@@]2(C)[C@@H]3CC=C4[C@H](C=C(O)C(=O)C4(C)C)[C@]3(C)C(=O)C[C@]12C. The summed E-state index contributed by atoms with van der Waals surface area (Å²) in [5.74, 6) is -3.61. The molecule has 4 aliphatic carbocycles. The van der Waals surface area contributed by atoms with E-state index in [1.54, 1.807) is 27.7 Å². The van der Waals surface area contributed by atoms with Crippen molar-refractivity contribution in [1.29, 1.82) is 0 Å². The first-order chi connectivity index (χ1) is 18.1. The topological polar surface area (TPSA) is 138 Å². The lowest BCUT2D eigenvalue weighted by Gasteiger charge is -2.63. The number of ketones is 3. The minimum atomic E-state index is -2.00. The van der Waals surface area contributed by atoms with Gasteiger partial charge in [-0.05, 0) is 82.4 Å². The van der Waals surface area contributed by atoms with Gasteiger partial charge in [0.25, 0.3) is 0 Å². The van der Waals surface area contributed by atoms with Gasteiger partial charge in [0.05, 0.1) is 11.5 Å². The van der Waals surface area contributed by atoms with Gasteiger partial charge in [0.1, 0.15) is 17.0 Å². The Hall–Kier alpha value is -2.58. The van der Waals surface area contributed by atoms with Crippen LogP contribution in [0.15, 0.2) is 35.6 Å². The van der Waals surface area contributed by atoms with Gasteiger partial charge >= 0.3 is 5.97 Å². The fourth-order valence-corrected chi connectivity index (χ4v) is 8.98. The summed E-state index contributed by atoms with van der Waals surface area (Å²) >= 11 is 0. The predicted octanol–water partition coefficient (Wildman–Crippen LogP) is 4.19. The summed E-state index contributed by atoms with van der Waals surface area (Å²) < 4.78 is 5.22. The first-order valence-corrected chi connectivity index (χ1v) is 14.1. The molecule has 0 amide bonds. The molecule has 0 aromatic rings. The van der Waals surface area contributed by atoms with Crippen LogP contribution in [0.1, 0.15) is 81.6 Å². The summed E-state index contributed by atoms with van der Waals surface area (Å²) in [4.78, 5) is 52.0. The molecule has 0 radical (unpaired) electrons. The molecule has 2 saturated carbocycles. The van der Waals surface area contributed by atoms with Crippen LogP contribution in [0.5, 0.6) is 0 Å². The van der Waals surface area contributed by atoms with Crippen LogP contribution in [-0.2, 0) is 23.9 Å². The van der Waals surface area contributed by atoms with Gasteiger partial charge in [0.2, 0.25) is 5.78 Å². The molecule has 8 nitrogen and oxygen atoms in total. The van der Waals surface area contributed by atoms with E-state index in [0.29, 0.717) is 6.42 Å². The van der Waals surface area contributed by atoms with Crippen LogP contribution in [0.2, 0.25) is 0 Å². The largest absolute Gasteiger partial charge is 0.505 e. The monoisotopic (exact) mass is 556 g/mol. The van der Waals surface area contributed by atoms with Crippen LogP contribution in [-0.4, -0.2) is 55.9 Å². The molecular weight excluding hydrogens is 512 g/mol. The number of ether oxygens (including phenoxy) is 1. The normalized spacial score (nSPS) is 40.4. The second-order valence-corrected chi connectivity index (χ2v) is 14.4. The van der Waals surface area contributed by atoms with Gasteiger partial charge in [-0.15, -0.1) is 0 Å². The molecular formula is C32H44O8. The molecule has 0 heterocycles. The van der Waals surface area contributed by atoms with Crippen molar-refractivity contribution in [2.24, 2.45) is 39.4 Å². The Labute approximate surface area is 236 Å².